The first-order chi connectivity index (χ1) is 14.1. The van der Waals surface area contributed by atoms with Gasteiger partial charge >= 0.3 is 0 Å². The zero-order valence-electron chi connectivity index (χ0n) is 19.5. The molecule has 0 aromatic carbocycles. The molecule has 0 spiro atoms. The molecule has 0 aromatic rings. The summed E-state index contributed by atoms with van der Waals surface area (Å²) in [5, 5.41) is 0. The molecule has 0 aliphatic rings. The molecule has 176 valence electrons. The van der Waals surface area contributed by atoms with Crippen LogP contribution in [0.2, 0.25) is 0 Å². The van der Waals surface area contributed by atoms with Crippen molar-refractivity contribution in [1.29, 1.82) is 0 Å². The summed E-state index contributed by atoms with van der Waals surface area (Å²) in [4.78, 5) is 9.89. The highest BCUT2D eigenvalue weighted by Crippen LogP contribution is 2.02. The van der Waals surface area contributed by atoms with E-state index in [1.165, 1.54) is 12.8 Å². The van der Waals surface area contributed by atoms with Gasteiger partial charge in [-0.1, -0.05) is 0 Å². The zero-order valence-corrected chi connectivity index (χ0v) is 19.5. The topological polar surface area (TPSA) is 117 Å². The minimum Gasteiger partial charge on any atom is -0.330 e. The van der Waals surface area contributed by atoms with Crippen molar-refractivity contribution in [2.45, 2.75) is 38.5 Å². The maximum atomic E-state index is 5.69. The van der Waals surface area contributed by atoms with Crippen molar-refractivity contribution in [3.63, 3.8) is 0 Å². The molecule has 0 atom stereocenters. The molecule has 29 heavy (non-hydrogen) atoms. The van der Waals surface area contributed by atoms with E-state index in [-0.39, 0.29) is 0 Å². The van der Waals surface area contributed by atoms with E-state index in [9.17, 15) is 0 Å². The van der Waals surface area contributed by atoms with Crippen LogP contribution in [0.1, 0.15) is 38.5 Å². The van der Waals surface area contributed by atoms with Crippen molar-refractivity contribution in [3.8, 4) is 0 Å². The summed E-state index contributed by atoms with van der Waals surface area (Å²) in [6, 6.07) is 0. The minimum absolute atomic E-state index is 0.761. The monoisotopic (exact) mass is 416 g/mol. The largest absolute Gasteiger partial charge is 0.330 e. The average molecular weight is 417 g/mol. The first kappa shape index (κ1) is 28.7. The molecule has 8 nitrogen and oxygen atoms in total. The third-order valence-corrected chi connectivity index (χ3v) is 5.09. The second kappa shape index (κ2) is 20.9. The van der Waals surface area contributed by atoms with Gasteiger partial charge in [-0.25, -0.2) is 0 Å². The van der Waals surface area contributed by atoms with Gasteiger partial charge in [-0.05, 0) is 118 Å². The highest BCUT2D eigenvalue weighted by Gasteiger charge is 2.10. The molecule has 8 N–H and O–H groups in total. The second-order valence-electron chi connectivity index (χ2n) is 8.30. The predicted molar refractivity (Wildman–Crippen MR) is 127 cm³/mol. The first-order valence-electron chi connectivity index (χ1n) is 11.7. The lowest BCUT2D eigenvalue weighted by molar-refractivity contribution is 0.152. The van der Waals surface area contributed by atoms with Crippen LogP contribution < -0.4 is 22.9 Å². The lowest BCUT2D eigenvalue weighted by Gasteiger charge is -2.29. The van der Waals surface area contributed by atoms with Crippen LogP contribution in [0, 0.1) is 0 Å². The Morgan fingerprint density at radius 2 is 0.690 bits per heavy atom. The second-order valence-corrected chi connectivity index (χ2v) is 8.30. The van der Waals surface area contributed by atoms with Gasteiger partial charge in [-0.2, -0.15) is 0 Å². The summed E-state index contributed by atoms with van der Waals surface area (Å²) in [6.07, 6.45) is 6.63. The molecule has 0 amide bonds. The maximum absolute atomic E-state index is 5.69. The lowest BCUT2D eigenvalue weighted by Crippen LogP contribution is -2.38. The quantitative estimate of drug-likeness (QED) is 0.176. The van der Waals surface area contributed by atoms with Crippen LogP contribution in [-0.2, 0) is 0 Å². The van der Waals surface area contributed by atoms with Crippen molar-refractivity contribution < 1.29 is 0 Å². The van der Waals surface area contributed by atoms with Crippen molar-refractivity contribution in [1.82, 2.24) is 19.6 Å². The Balaban J connectivity index is 4.36. The van der Waals surface area contributed by atoms with E-state index in [0.717, 1.165) is 111 Å². The van der Waals surface area contributed by atoms with Crippen LogP contribution in [0.25, 0.3) is 0 Å². The number of hydrogen-bond donors (Lipinski definition) is 4. The Kier molecular flexibility index (Phi) is 20.7. The maximum Gasteiger partial charge on any atom is 0.0500 e. The van der Waals surface area contributed by atoms with E-state index >= 15 is 0 Å². The molecular formula is C21H52N8. The predicted octanol–water partition coefficient (Wildman–Crippen LogP) is -0.413. The van der Waals surface area contributed by atoms with Crippen LogP contribution in [0.3, 0.4) is 0 Å². The molecule has 0 unspecified atom stereocenters. The lowest BCUT2D eigenvalue weighted by atomic mass is 10.2. The van der Waals surface area contributed by atoms with E-state index in [0.29, 0.717) is 0 Å². The van der Waals surface area contributed by atoms with Crippen LogP contribution in [0.15, 0.2) is 0 Å². The van der Waals surface area contributed by atoms with Gasteiger partial charge in [0.15, 0.2) is 0 Å². The van der Waals surface area contributed by atoms with Crippen molar-refractivity contribution >= 4 is 0 Å². The fraction of sp³-hybridized carbons (Fsp3) is 1.00. The summed E-state index contributed by atoms with van der Waals surface area (Å²) in [6.45, 7) is 12.9. The van der Waals surface area contributed by atoms with Crippen LogP contribution in [-0.4, -0.2) is 119 Å². The number of nitrogens with zero attached hydrogens (tertiary/aromatic N) is 4. The highest BCUT2D eigenvalue weighted by atomic mass is 15.3. The molecule has 0 saturated heterocycles. The summed E-state index contributed by atoms with van der Waals surface area (Å²) < 4.78 is 0. The first-order valence-corrected chi connectivity index (χ1v) is 11.7. The third-order valence-electron chi connectivity index (χ3n) is 5.09. The van der Waals surface area contributed by atoms with Gasteiger partial charge in [-0.3, -0.25) is 9.80 Å². The SMILES string of the molecule is CN(C)CN(CCCN(CCCN)CCCN)CCCN(CCCN)CCCN. The van der Waals surface area contributed by atoms with E-state index in [1.54, 1.807) is 0 Å². The van der Waals surface area contributed by atoms with Crippen LogP contribution in [0.5, 0.6) is 0 Å². The van der Waals surface area contributed by atoms with E-state index in [1.807, 2.05) is 0 Å². The van der Waals surface area contributed by atoms with E-state index in [2.05, 4.69) is 33.7 Å². The summed E-state index contributed by atoms with van der Waals surface area (Å²) in [5.41, 5.74) is 22.8. The number of hydrogen-bond acceptors (Lipinski definition) is 8. The highest BCUT2D eigenvalue weighted by molar-refractivity contribution is 4.65. The normalized spacial score (nSPS) is 12.2. The van der Waals surface area contributed by atoms with Gasteiger partial charge in [0.2, 0.25) is 0 Å². The van der Waals surface area contributed by atoms with E-state index in [4.69, 9.17) is 22.9 Å². The molecule has 8 heteroatoms. The molecule has 0 aliphatic heterocycles. The van der Waals surface area contributed by atoms with Gasteiger partial charge in [0, 0.05) is 13.1 Å². The standard InChI is InChI=1S/C21H52N8/c1-26(2)21-29(19-7-17-27(13-3-9-22)14-4-10-23)20-8-18-28(15-5-11-24)16-6-12-25/h3-25H2,1-2H3. The molecule has 0 fully saturated rings. The average Bonchev–Trinajstić information content (AvgIpc) is 2.70. The number of nitrogens with two attached hydrogens (primary N) is 4. The molecule has 0 heterocycles. The van der Waals surface area contributed by atoms with Crippen molar-refractivity contribution in [2.75, 3.05) is 99.3 Å². The Labute approximate surface area is 180 Å². The van der Waals surface area contributed by atoms with Crippen LogP contribution in [0.4, 0.5) is 0 Å². The Morgan fingerprint density at radius 3 is 0.966 bits per heavy atom. The van der Waals surface area contributed by atoms with E-state index < -0.39 is 0 Å². The van der Waals surface area contributed by atoms with Crippen LogP contribution >= 0.6 is 0 Å². The molecule has 0 aromatic heterocycles. The van der Waals surface area contributed by atoms with Gasteiger partial charge in [0.1, 0.15) is 0 Å². The Hall–Kier alpha value is -0.320. The fourth-order valence-electron chi connectivity index (χ4n) is 3.62. The third kappa shape index (κ3) is 18.2. The molecule has 0 aliphatic carbocycles. The minimum atomic E-state index is 0.761. The molecule has 0 rings (SSSR count). The molecule has 0 radical (unpaired) electrons. The summed E-state index contributed by atoms with van der Waals surface area (Å²) in [5.74, 6) is 0. The zero-order chi connectivity index (χ0) is 21.7. The van der Waals surface area contributed by atoms with Gasteiger partial charge < -0.3 is 32.7 Å². The summed E-state index contributed by atoms with van der Waals surface area (Å²) in [7, 11) is 4.30. The van der Waals surface area contributed by atoms with Gasteiger partial charge in [0.25, 0.3) is 0 Å². The Morgan fingerprint density at radius 1 is 0.414 bits per heavy atom. The molecular weight excluding hydrogens is 364 g/mol. The fourth-order valence-corrected chi connectivity index (χ4v) is 3.62. The Bertz CT molecular complexity index is 288. The van der Waals surface area contributed by atoms with Crippen molar-refractivity contribution in [2.24, 2.45) is 22.9 Å². The molecule has 0 saturated carbocycles. The van der Waals surface area contributed by atoms with Gasteiger partial charge in [0.05, 0.1) is 6.67 Å². The van der Waals surface area contributed by atoms with Crippen molar-refractivity contribution in [3.05, 3.63) is 0 Å². The molecule has 0 bridgehead atoms. The smallest absolute Gasteiger partial charge is 0.0500 e. The summed E-state index contributed by atoms with van der Waals surface area (Å²) >= 11 is 0. The number of rotatable bonds is 22. The van der Waals surface area contributed by atoms with Gasteiger partial charge in [-0.15, -0.1) is 0 Å².